The van der Waals surface area contributed by atoms with Crippen molar-refractivity contribution < 1.29 is 4.39 Å². The molecule has 134 valence electrons. The van der Waals surface area contributed by atoms with Crippen LogP contribution in [0.15, 0.2) is 23.2 Å². The second kappa shape index (κ2) is 8.99. The molecule has 6 heteroatoms. The molecule has 1 aromatic rings. The Morgan fingerprint density at radius 1 is 1.29 bits per heavy atom. The van der Waals surface area contributed by atoms with Crippen LogP contribution in [0.3, 0.4) is 0 Å². The Labute approximate surface area is 161 Å². The number of likely N-dealkylation sites (tertiary alicyclic amines) is 1. The summed E-state index contributed by atoms with van der Waals surface area (Å²) in [6, 6.07) is 6.08. The van der Waals surface area contributed by atoms with E-state index in [1.807, 2.05) is 12.1 Å². The van der Waals surface area contributed by atoms with Crippen molar-refractivity contribution in [2.45, 2.75) is 38.8 Å². The maximum atomic E-state index is 13.3. The molecule has 1 heterocycles. The Hall–Kier alpha value is -0.890. The van der Waals surface area contributed by atoms with Crippen molar-refractivity contribution in [3.63, 3.8) is 0 Å². The average Bonchev–Trinajstić information content (AvgIpc) is 3.30. The number of nitrogens with zero attached hydrogens (tertiary/aromatic N) is 2. The number of nitrogens with one attached hydrogen (secondary N) is 2. The fourth-order valence-electron chi connectivity index (χ4n) is 3.26. The Bertz CT molecular complexity index is 574. The van der Waals surface area contributed by atoms with Gasteiger partial charge in [-0.05, 0) is 55.8 Å². The highest BCUT2D eigenvalue weighted by Gasteiger charge is 2.34. The molecule has 2 aliphatic rings. The van der Waals surface area contributed by atoms with E-state index < -0.39 is 0 Å². The van der Waals surface area contributed by atoms with Gasteiger partial charge in [-0.2, -0.15) is 0 Å². The molecule has 0 bridgehead atoms. The van der Waals surface area contributed by atoms with Gasteiger partial charge in [0.1, 0.15) is 5.82 Å². The van der Waals surface area contributed by atoms with Gasteiger partial charge in [0.05, 0.1) is 0 Å². The van der Waals surface area contributed by atoms with Crippen LogP contribution in [0.1, 0.15) is 30.4 Å². The molecule has 0 spiro atoms. The molecule has 2 fully saturated rings. The Balaban J connectivity index is 0.00000208. The largest absolute Gasteiger partial charge is 0.356 e. The number of halogens is 2. The van der Waals surface area contributed by atoms with Gasteiger partial charge in [0.2, 0.25) is 0 Å². The highest BCUT2D eigenvalue weighted by Crippen LogP contribution is 2.31. The smallest absolute Gasteiger partial charge is 0.191 e. The molecule has 1 saturated heterocycles. The van der Waals surface area contributed by atoms with Gasteiger partial charge >= 0.3 is 0 Å². The normalized spacial score (nSPS) is 21.5. The minimum atomic E-state index is -0.155. The van der Waals surface area contributed by atoms with E-state index >= 15 is 0 Å². The molecule has 0 amide bonds. The molecule has 2 N–H and O–H groups in total. The van der Waals surface area contributed by atoms with E-state index in [-0.39, 0.29) is 29.8 Å². The third-order valence-electron chi connectivity index (χ3n) is 4.84. The molecule has 1 aliphatic carbocycles. The number of benzene rings is 1. The maximum absolute atomic E-state index is 13.3. The SMILES string of the molecule is CN=C(NCc1ccc(F)c(C)c1)NCC1CCN(C2CC2)C1.I. The van der Waals surface area contributed by atoms with Crippen LogP contribution in [0.25, 0.3) is 0 Å². The van der Waals surface area contributed by atoms with Crippen LogP contribution in [0.2, 0.25) is 0 Å². The average molecular weight is 446 g/mol. The molecule has 1 aromatic carbocycles. The van der Waals surface area contributed by atoms with Crippen molar-refractivity contribution in [1.82, 2.24) is 15.5 Å². The van der Waals surface area contributed by atoms with Crippen molar-refractivity contribution in [3.8, 4) is 0 Å². The molecular formula is C18H28FIN4. The van der Waals surface area contributed by atoms with E-state index in [4.69, 9.17) is 0 Å². The third kappa shape index (κ3) is 5.31. The summed E-state index contributed by atoms with van der Waals surface area (Å²) in [5.74, 6) is 1.37. The van der Waals surface area contributed by atoms with Crippen LogP contribution in [-0.2, 0) is 6.54 Å². The van der Waals surface area contributed by atoms with Gasteiger partial charge in [0.25, 0.3) is 0 Å². The van der Waals surface area contributed by atoms with Gasteiger partial charge in [0, 0.05) is 32.7 Å². The Morgan fingerprint density at radius 2 is 2.08 bits per heavy atom. The summed E-state index contributed by atoms with van der Waals surface area (Å²) in [4.78, 5) is 6.91. The van der Waals surface area contributed by atoms with Gasteiger partial charge in [-0.15, -0.1) is 24.0 Å². The summed E-state index contributed by atoms with van der Waals surface area (Å²) in [5, 5.41) is 6.73. The first-order chi connectivity index (χ1) is 11.2. The number of hydrogen-bond donors (Lipinski definition) is 2. The van der Waals surface area contributed by atoms with Gasteiger partial charge in [-0.25, -0.2) is 4.39 Å². The second-order valence-corrected chi connectivity index (χ2v) is 6.77. The zero-order chi connectivity index (χ0) is 16.2. The molecule has 24 heavy (non-hydrogen) atoms. The molecule has 1 aliphatic heterocycles. The predicted molar refractivity (Wildman–Crippen MR) is 107 cm³/mol. The molecule has 1 saturated carbocycles. The van der Waals surface area contributed by atoms with Crippen LogP contribution in [0.4, 0.5) is 4.39 Å². The van der Waals surface area contributed by atoms with Crippen molar-refractivity contribution in [2.24, 2.45) is 10.9 Å². The Morgan fingerprint density at radius 3 is 2.75 bits per heavy atom. The predicted octanol–water partition coefficient (Wildman–Crippen LogP) is 2.90. The summed E-state index contributed by atoms with van der Waals surface area (Å²) < 4.78 is 13.3. The summed E-state index contributed by atoms with van der Waals surface area (Å²) in [6.45, 7) is 5.87. The number of hydrogen-bond acceptors (Lipinski definition) is 2. The second-order valence-electron chi connectivity index (χ2n) is 6.77. The maximum Gasteiger partial charge on any atom is 0.191 e. The molecular weight excluding hydrogens is 418 g/mol. The first-order valence-corrected chi connectivity index (χ1v) is 8.59. The number of aryl methyl sites for hydroxylation is 1. The highest BCUT2D eigenvalue weighted by atomic mass is 127. The van der Waals surface area contributed by atoms with Crippen molar-refractivity contribution in [3.05, 3.63) is 35.1 Å². The Kier molecular flexibility index (Phi) is 7.28. The van der Waals surface area contributed by atoms with Crippen LogP contribution in [0.5, 0.6) is 0 Å². The van der Waals surface area contributed by atoms with E-state index in [9.17, 15) is 4.39 Å². The number of guanidine groups is 1. The zero-order valence-electron chi connectivity index (χ0n) is 14.5. The first kappa shape index (κ1) is 19.4. The van der Waals surface area contributed by atoms with E-state index in [1.54, 1.807) is 14.0 Å². The van der Waals surface area contributed by atoms with Crippen molar-refractivity contribution in [1.29, 1.82) is 0 Å². The van der Waals surface area contributed by atoms with Crippen molar-refractivity contribution >= 4 is 29.9 Å². The summed E-state index contributed by atoms with van der Waals surface area (Å²) in [7, 11) is 1.79. The van der Waals surface area contributed by atoms with Gasteiger partial charge in [-0.3, -0.25) is 4.99 Å². The molecule has 4 nitrogen and oxygen atoms in total. The minimum Gasteiger partial charge on any atom is -0.356 e. The third-order valence-corrected chi connectivity index (χ3v) is 4.84. The van der Waals surface area contributed by atoms with E-state index in [0.29, 0.717) is 18.0 Å². The minimum absolute atomic E-state index is 0. The summed E-state index contributed by atoms with van der Waals surface area (Å²) >= 11 is 0. The first-order valence-electron chi connectivity index (χ1n) is 8.59. The molecule has 1 atom stereocenters. The topological polar surface area (TPSA) is 39.7 Å². The van der Waals surface area contributed by atoms with E-state index in [2.05, 4.69) is 20.5 Å². The lowest BCUT2D eigenvalue weighted by atomic mass is 10.1. The molecule has 3 rings (SSSR count). The number of rotatable bonds is 5. The highest BCUT2D eigenvalue weighted by molar-refractivity contribution is 14.0. The van der Waals surface area contributed by atoms with Crippen LogP contribution >= 0.6 is 24.0 Å². The van der Waals surface area contributed by atoms with Gasteiger partial charge in [-0.1, -0.05) is 12.1 Å². The lowest BCUT2D eigenvalue weighted by molar-refractivity contribution is 0.314. The number of aliphatic imine (C=N–C) groups is 1. The molecule has 0 radical (unpaired) electrons. The summed E-state index contributed by atoms with van der Waals surface area (Å²) in [6.07, 6.45) is 4.05. The van der Waals surface area contributed by atoms with Crippen LogP contribution in [0, 0.1) is 18.7 Å². The van der Waals surface area contributed by atoms with Crippen LogP contribution < -0.4 is 10.6 Å². The van der Waals surface area contributed by atoms with Gasteiger partial charge < -0.3 is 15.5 Å². The molecule has 1 unspecified atom stereocenters. The van der Waals surface area contributed by atoms with Gasteiger partial charge in [0.15, 0.2) is 5.96 Å². The standard InChI is InChI=1S/C18H27FN4.HI/c1-13-9-14(3-6-17(13)19)10-21-18(20-2)22-11-15-7-8-23(12-15)16-4-5-16;/h3,6,9,15-16H,4-5,7-8,10-12H2,1-2H3,(H2,20,21,22);1H. The lowest BCUT2D eigenvalue weighted by Crippen LogP contribution is -2.40. The summed E-state index contributed by atoms with van der Waals surface area (Å²) in [5.41, 5.74) is 1.74. The monoisotopic (exact) mass is 446 g/mol. The zero-order valence-corrected chi connectivity index (χ0v) is 16.8. The molecule has 0 aromatic heterocycles. The van der Waals surface area contributed by atoms with Crippen molar-refractivity contribution in [2.75, 3.05) is 26.7 Å². The van der Waals surface area contributed by atoms with E-state index in [1.165, 1.54) is 38.4 Å². The fourth-order valence-corrected chi connectivity index (χ4v) is 3.26. The fraction of sp³-hybridized carbons (Fsp3) is 0.611. The van der Waals surface area contributed by atoms with E-state index in [0.717, 1.165) is 24.1 Å². The van der Waals surface area contributed by atoms with Crippen LogP contribution in [-0.4, -0.2) is 43.6 Å². The quantitative estimate of drug-likeness (QED) is 0.415. The lowest BCUT2D eigenvalue weighted by Gasteiger charge is -2.17.